The summed E-state index contributed by atoms with van der Waals surface area (Å²) in [7, 11) is 1.93. The second-order valence-corrected chi connectivity index (χ2v) is 5.82. The van der Waals surface area contributed by atoms with Crippen LogP contribution in [0.4, 0.5) is 4.39 Å². The van der Waals surface area contributed by atoms with Gasteiger partial charge in [0.2, 0.25) is 0 Å². The van der Waals surface area contributed by atoms with E-state index in [9.17, 15) is 4.39 Å². The summed E-state index contributed by atoms with van der Waals surface area (Å²) in [5.74, 6) is -0.223. The molecule has 0 fully saturated rings. The molecule has 2 nitrogen and oxygen atoms in total. The SMILES string of the molecule is CNCc1cc2ccccc2n1Cc1cccc(F)c1Br. The van der Waals surface area contributed by atoms with Crippen molar-refractivity contribution in [2.75, 3.05) is 7.05 Å². The highest BCUT2D eigenvalue weighted by Crippen LogP contribution is 2.25. The monoisotopic (exact) mass is 346 g/mol. The number of hydrogen-bond donors (Lipinski definition) is 1. The lowest BCUT2D eigenvalue weighted by molar-refractivity contribution is 0.615. The highest BCUT2D eigenvalue weighted by atomic mass is 79.9. The fourth-order valence-electron chi connectivity index (χ4n) is 2.62. The van der Waals surface area contributed by atoms with Crippen molar-refractivity contribution in [3.63, 3.8) is 0 Å². The summed E-state index contributed by atoms with van der Waals surface area (Å²) in [5, 5.41) is 4.39. The zero-order valence-corrected chi connectivity index (χ0v) is 13.3. The zero-order valence-electron chi connectivity index (χ0n) is 11.7. The van der Waals surface area contributed by atoms with E-state index in [-0.39, 0.29) is 5.82 Å². The highest BCUT2D eigenvalue weighted by Gasteiger charge is 2.11. The number of nitrogens with zero attached hydrogens (tertiary/aromatic N) is 1. The van der Waals surface area contributed by atoms with Crippen LogP contribution in [0.25, 0.3) is 10.9 Å². The number of rotatable bonds is 4. The molecular formula is C17H16BrFN2. The molecule has 0 atom stereocenters. The van der Waals surface area contributed by atoms with E-state index in [2.05, 4.69) is 44.0 Å². The number of para-hydroxylation sites is 1. The molecule has 3 aromatic rings. The second kappa shape index (κ2) is 6.00. The first kappa shape index (κ1) is 14.3. The lowest BCUT2D eigenvalue weighted by atomic mass is 10.2. The van der Waals surface area contributed by atoms with Gasteiger partial charge in [-0.25, -0.2) is 4.39 Å². The quantitative estimate of drug-likeness (QED) is 0.744. The van der Waals surface area contributed by atoms with Crippen LogP contribution in [0, 0.1) is 5.82 Å². The molecule has 3 rings (SSSR count). The molecule has 21 heavy (non-hydrogen) atoms. The third kappa shape index (κ3) is 2.74. The van der Waals surface area contributed by atoms with Crippen LogP contribution in [0.3, 0.4) is 0 Å². The van der Waals surface area contributed by atoms with Crippen molar-refractivity contribution in [1.29, 1.82) is 0 Å². The normalized spacial score (nSPS) is 11.2. The van der Waals surface area contributed by atoms with E-state index in [1.807, 2.05) is 25.2 Å². The van der Waals surface area contributed by atoms with Crippen LogP contribution >= 0.6 is 15.9 Å². The maximum Gasteiger partial charge on any atom is 0.137 e. The van der Waals surface area contributed by atoms with E-state index in [4.69, 9.17) is 0 Å². The summed E-state index contributed by atoms with van der Waals surface area (Å²) in [4.78, 5) is 0. The van der Waals surface area contributed by atoms with Gasteiger partial charge in [-0.05, 0) is 52.1 Å². The van der Waals surface area contributed by atoms with Gasteiger partial charge in [0.15, 0.2) is 0 Å². The van der Waals surface area contributed by atoms with Crippen molar-refractivity contribution < 1.29 is 4.39 Å². The average molecular weight is 347 g/mol. The van der Waals surface area contributed by atoms with Gasteiger partial charge in [0.05, 0.1) is 4.47 Å². The number of fused-ring (bicyclic) bond motifs is 1. The fourth-order valence-corrected chi connectivity index (χ4v) is 3.01. The van der Waals surface area contributed by atoms with E-state index in [1.165, 1.54) is 22.7 Å². The Morgan fingerprint density at radius 2 is 1.95 bits per heavy atom. The van der Waals surface area contributed by atoms with Crippen molar-refractivity contribution in [1.82, 2.24) is 9.88 Å². The van der Waals surface area contributed by atoms with Crippen molar-refractivity contribution in [2.45, 2.75) is 13.1 Å². The van der Waals surface area contributed by atoms with Crippen LogP contribution in [-0.4, -0.2) is 11.6 Å². The topological polar surface area (TPSA) is 17.0 Å². The van der Waals surface area contributed by atoms with Gasteiger partial charge >= 0.3 is 0 Å². The molecule has 0 saturated heterocycles. The fraction of sp³-hybridized carbons (Fsp3) is 0.176. The van der Waals surface area contributed by atoms with E-state index in [1.54, 1.807) is 6.07 Å². The Hall–Kier alpha value is -1.65. The Morgan fingerprint density at radius 3 is 2.76 bits per heavy atom. The molecule has 2 aromatic carbocycles. The van der Waals surface area contributed by atoms with Crippen LogP contribution < -0.4 is 5.32 Å². The van der Waals surface area contributed by atoms with E-state index < -0.39 is 0 Å². The number of nitrogens with one attached hydrogen (secondary N) is 1. The highest BCUT2D eigenvalue weighted by molar-refractivity contribution is 9.10. The smallest absolute Gasteiger partial charge is 0.137 e. The minimum Gasteiger partial charge on any atom is -0.339 e. The first-order chi connectivity index (χ1) is 10.2. The van der Waals surface area contributed by atoms with E-state index >= 15 is 0 Å². The van der Waals surface area contributed by atoms with Gasteiger partial charge in [-0.15, -0.1) is 0 Å². The largest absolute Gasteiger partial charge is 0.339 e. The molecule has 0 aliphatic heterocycles. The van der Waals surface area contributed by atoms with Gasteiger partial charge in [-0.3, -0.25) is 0 Å². The molecule has 1 N–H and O–H groups in total. The number of halogens is 2. The summed E-state index contributed by atoms with van der Waals surface area (Å²) in [6.45, 7) is 1.42. The van der Waals surface area contributed by atoms with Crippen LogP contribution in [0.2, 0.25) is 0 Å². The number of hydrogen-bond acceptors (Lipinski definition) is 1. The number of benzene rings is 2. The van der Waals surface area contributed by atoms with Crippen molar-refractivity contribution >= 4 is 26.8 Å². The van der Waals surface area contributed by atoms with Gasteiger partial charge < -0.3 is 9.88 Å². The Labute approximate surface area is 131 Å². The molecule has 1 heterocycles. The summed E-state index contributed by atoms with van der Waals surface area (Å²) < 4.78 is 16.5. The zero-order chi connectivity index (χ0) is 14.8. The molecule has 0 unspecified atom stereocenters. The van der Waals surface area contributed by atoms with Crippen LogP contribution in [0.5, 0.6) is 0 Å². The predicted molar refractivity (Wildman–Crippen MR) is 87.9 cm³/mol. The molecule has 0 saturated carbocycles. The number of aromatic nitrogens is 1. The maximum absolute atomic E-state index is 13.7. The Balaban J connectivity index is 2.10. The summed E-state index contributed by atoms with van der Waals surface area (Å²) in [5.41, 5.74) is 3.29. The van der Waals surface area contributed by atoms with Gasteiger partial charge in [-0.2, -0.15) is 0 Å². The summed E-state index contributed by atoms with van der Waals surface area (Å²) in [6.07, 6.45) is 0. The van der Waals surface area contributed by atoms with E-state index in [0.717, 1.165) is 12.1 Å². The molecule has 0 amide bonds. The molecule has 0 aliphatic rings. The Morgan fingerprint density at radius 1 is 1.14 bits per heavy atom. The van der Waals surface area contributed by atoms with Gasteiger partial charge in [0.25, 0.3) is 0 Å². The van der Waals surface area contributed by atoms with Crippen LogP contribution in [0.1, 0.15) is 11.3 Å². The van der Waals surface area contributed by atoms with Crippen LogP contribution in [-0.2, 0) is 13.1 Å². The standard InChI is InChI=1S/C17H16BrFN2/c1-20-10-14-9-12-5-2-3-8-16(12)21(14)11-13-6-4-7-15(19)17(13)18/h2-9,20H,10-11H2,1H3. The van der Waals surface area contributed by atoms with Crippen LogP contribution in [0.15, 0.2) is 53.0 Å². The molecule has 1 aromatic heterocycles. The Bertz CT molecular complexity index is 780. The first-order valence-electron chi connectivity index (χ1n) is 6.85. The lowest BCUT2D eigenvalue weighted by Crippen LogP contribution is -2.12. The predicted octanol–water partition coefficient (Wildman–Crippen LogP) is 4.31. The molecular weight excluding hydrogens is 331 g/mol. The summed E-state index contributed by atoms with van der Waals surface area (Å²) in [6, 6.07) is 15.6. The molecule has 0 radical (unpaired) electrons. The second-order valence-electron chi connectivity index (χ2n) is 5.02. The third-order valence-corrected chi connectivity index (χ3v) is 4.50. The minimum absolute atomic E-state index is 0.223. The van der Waals surface area contributed by atoms with Gasteiger partial charge in [0.1, 0.15) is 5.82 Å². The maximum atomic E-state index is 13.7. The molecule has 108 valence electrons. The van der Waals surface area contributed by atoms with Gasteiger partial charge in [-0.1, -0.05) is 30.3 Å². The molecule has 4 heteroatoms. The molecule has 0 spiro atoms. The van der Waals surface area contributed by atoms with Crippen molar-refractivity contribution in [3.8, 4) is 0 Å². The third-order valence-electron chi connectivity index (χ3n) is 3.61. The van der Waals surface area contributed by atoms with Crippen molar-refractivity contribution in [2.24, 2.45) is 0 Å². The molecule has 0 bridgehead atoms. The van der Waals surface area contributed by atoms with Gasteiger partial charge in [0, 0.05) is 24.3 Å². The minimum atomic E-state index is -0.223. The van der Waals surface area contributed by atoms with Crippen molar-refractivity contribution in [3.05, 3.63) is 70.1 Å². The lowest BCUT2D eigenvalue weighted by Gasteiger charge is -2.12. The average Bonchev–Trinajstić information content (AvgIpc) is 2.82. The summed E-state index contributed by atoms with van der Waals surface area (Å²) >= 11 is 3.35. The van der Waals surface area contributed by atoms with E-state index in [0.29, 0.717) is 11.0 Å². The first-order valence-corrected chi connectivity index (χ1v) is 7.64. The Kier molecular flexibility index (Phi) is 4.08. The molecule has 0 aliphatic carbocycles.